The van der Waals surface area contributed by atoms with Gasteiger partial charge in [-0.2, -0.15) is 0 Å². The van der Waals surface area contributed by atoms with Crippen LogP contribution < -0.4 is 5.73 Å². The van der Waals surface area contributed by atoms with E-state index in [1.807, 2.05) is 26.0 Å². The van der Waals surface area contributed by atoms with Gasteiger partial charge >= 0.3 is 0 Å². The number of hydrogen-bond donors (Lipinski definition) is 1. The molecule has 0 saturated heterocycles. The summed E-state index contributed by atoms with van der Waals surface area (Å²) in [5.74, 6) is 1.61. The van der Waals surface area contributed by atoms with Gasteiger partial charge in [-0.05, 0) is 37.5 Å². The standard InChI is InChI=1S/C15H18BrN3/c1-8(2)13-10(4)18-15(19-14(13)17)11-5-6-12(16)9(3)7-11/h5-8H,1-4H3,(H2,17,18,19). The van der Waals surface area contributed by atoms with Crippen LogP contribution in [-0.4, -0.2) is 9.97 Å². The molecule has 1 aromatic heterocycles. The third kappa shape index (κ3) is 2.78. The van der Waals surface area contributed by atoms with Crippen molar-refractivity contribution in [3.63, 3.8) is 0 Å². The summed E-state index contributed by atoms with van der Waals surface area (Å²) in [6, 6.07) is 6.07. The van der Waals surface area contributed by atoms with Crippen LogP contribution in [0.2, 0.25) is 0 Å². The van der Waals surface area contributed by atoms with Crippen molar-refractivity contribution in [2.24, 2.45) is 0 Å². The highest BCUT2D eigenvalue weighted by atomic mass is 79.9. The van der Waals surface area contributed by atoms with Gasteiger partial charge in [0.05, 0.1) is 0 Å². The molecular formula is C15H18BrN3. The first-order valence-electron chi connectivity index (χ1n) is 6.30. The maximum Gasteiger partial charge on any atom is 0.161 e. The number of halogens is 1. The van der Waals surface area contributed by atoms with Crippen molar-refractivity contribution in [1.82, 2.24) is 9.97 Å². The first-order chi connectivity index (χ1) is 8.90. The lowest BCUT2D eigenvalue weighted by atomic mass is 10.0. The highest BCUT2D eigenvalue weighted by molar-refractivity contribution is 9.10. The smallest absolute Gasteiger partial charge is 0.161 e. The van der Waals surface area contributed by atoms with Crippen LogP contribution in [0.3, 0.4) is 0 Å². The fraction of sp³-hybridized carbons (Fsp3) is 0.333. The Morgan fingerprint density at radius 1 is 1.16 bits per heavy atom. The zero-order valence-corrected chi connectivity index (χ0v) is 13.2. The molecule has 0 atom stereocenters. The molecule has 1 aromatic carbocycles. The Labute approximate surface area is 122 Å². The summed E-state index contributed by atoms with van der Waals surface area (Å²) in [7, 11) is 0. The quantitative estimate of drug-likeness (QED) is 0.901. The molecule has 0 radical (unpaired) electrons. The number of nitrogens with zero attached hydrogens (tertiary/aromatic N) is 2. The molecule has 100 valence electrons. The van der Waals surface area contributed by atoms with E-state index in [2.05, 4.69) is 45.8 Å². The third-order valence-corrected chi connectivity index (χ3v) is 4.05. The van der Waals surface area contributed by atoms with Gasteiger partial charge in [0, 0.05) is 21.3 Å². The van der Waals surface area contributed by atoms with Gasteiger partial charge in [0.2, 0.25) is 0 Å². The Morgan fingerprint density at radius 2 is 1.84 bits per heavy atom. The van der Waals surface area contributed by atoms with E-state index in [1.165, 1.54) is 0 Å². The van der Waals surface area contributed by atoms with Crippen LogP contribution in [0.15, 0.2) is 22.7 Å². The van der Waals surface area contributed by atoms with Gasteiger partial charge < -0.3 is 5.73 Å². The van der Waals surface area contributed by atoms with E-state index in [9.17, 15) is 0 Å². The van der Waals surface area contributed by atoms with Crippen molar-refractivity contribution in [3.8, 4) is 11.4 Å². The maximum atomic E-state index is 6.07. The molecule has 0 fully saturated rings. The number of anilines is 1. The molecular weight excluding hydrogens is 302 g/mol. The molecule has 0 amide bonds. The molecule has 1 heterocycles. The Morgan fingerprint density at radius 3 is 2.37 bits per heavy atom. The Bertz CT molecular complexity index is 598. The SMILES string of the molecule is Cc1cc(-c2nc(C)c(C(C)C)c(N)n2)ccc1Br. The number of nitrogens with two attached hydrogens (primary N) is 1. The minimum absolute atomic E-state index is 0.334. The van der Waals surface area contributed by atoms with Crippen molar-refractivity contribution in [3.05, 3.63) is 39.5 Å². The summed E-state index contributed by atoms with van der Waals surface area (Å²) in [5.41, 5.74) is 10.2. The lowest BCUT2D eigenvalue weighted by Gasteiger charge is -2.13. The zero-order valence-electron chi connectivity index (χ0n) is 11.7. The second kappa shape index (κ2) is 5.29. The molecule has 3 nitrogen and oxygen atoms in total. The molecule has 0 unspecified atom stereocenters. The summed E-state index contributed by atoms with van der Waals surface area (Å²) >= 11 is 3.50. The molecule has 2 N–H and O–H groups in total. The zero-order chi connectivity index (χ0) is 14.2. The third-order valence-electron chi connectivity index (χ3n) is 3.16. The fourth-order valence-corrected chi connectivity index (χ4v) is 2.48. The molecule has 4 heteroatoms. The molecule has 0 bridgehead atoms. The van der Waals surface area contributed by atoms with Crippen molar-refractivity contribution in [2.45, 2.75) is 33.6 Å². The van der Waals surface area contributed by atoms with Crippen LogP contribution in [0.25, 0.3) is 11.4 Å². The highest BCUT2D eigenvalue weighted by Gasteiger charge is 2.13. The Balaban J connectivity index is 2.55. The van der Waals surface area contributed by atoms with Crippen molar-refractivity contribution < 1.29 is 0 Å². The molecule has 0 saturated carbocycles. The van der Waals surface area contributed by atoms with Crippen LogP contribution in [0.4, 0.5) is 5.82 Å². The van der Waals surface area contributed by atoms with E-state index in [0.717, 1.165) is 26.9 Å². The van der Waals surface area contributed by atoms with Crippen LogP contribution in [0.5, 0.6) is 0 Å². The largest absolute Gasteiger partial charge is 0.383 e. The number of aryl methyl sites for hydroxylation is 2. The van der Waals surface area contributed by atoms with Gasteiger partial charge in [-0.1, -0.05) is 35.8 Å². The van der Waals surface area contributed by atoms with Gasteiger partial charge in [0.1, 0.15) is 5.82 Å². The van der Waals surface area contributed by atoms with Crippen LogP contribution in [0, 0.1) is 13.8 Å². The summed E-state index contributed by atoms with van der Waals surface area (Å²) in [6.45, 7) is 8.24. The monoisotopic (exact) mass is 319 g/mol. The molecule has 0 aliphatic carbocycles. The number of rotatable bonds is 2. The van der Waals surface area contributed by atoms with Crippen molar-refractivity contribution in [1.29, 1.82) is 0 Å². The van der Waals surface area contributed by atoms with E-state index in [0.29, 0.717) is 17.6 Å². The topological polar surface area (TPSA) is 51.8 Å². The number of aromatic nitrogens is 2. The molecule has 0 aliphatic rings. The molecule has 2 aromatic rings. The van der Waals surface area contributed by atoms with Crippen LogP contribution >= 0.6 is 15.9 Å². The summed E-state index contributed by atoms with van der Waals surface area (Å²) in [6.07, 6.45) is 0. The van der Waals surface area contributed by atoms with E-state index in [-0.39, 0.29) is 0 Å². The first-order valence-corrected chi connectivity index (χ1v) is 7.10. The van der Waals surface area contributed by atoms with E-state index < -0.39 is 0 Å². The molecule has 19 heavy (non-hydrogen) atoms. The van der Waals surface area contributed by atoms with Gasteiger partial charge in [-0.3, -0.25) is 0 Å². The number of hydrogen-bond acceptors (Lipinski definition) is 3. The van der Waals surface area contributed by atoms with Gasteiger partial charge in [0.15, 0.2) is 5.82 Å². The predicted octanol–water partition coefficient (Wildman–Crippen LogP) is 4.23. The second-order valence-corrected chi connectivity index (χ2v) is 5.90. The minimum Gasteiger partial charge on any atom is -0.383 e. The Hall–Kier alpha value is -1.42. The molecule has 0 aliphatic heterocycles. The van der Waals surface area contributed by atoms with Crippen LogP contribution in [0.1, 0.15) is 36.6 Å². The molecule has 2 rings (SSSR count). The first kappa shape index (κ1) is 14.0. The predicted molar refractivity (Wildman–Crippen MR) is 83.1 cm³/mol. The van der Waals surface area contributed by atoms with E-state index in [1.54, 1.807) is 0 Å². The van der Waals surface area contributed by atoms with E-state index in [4.69, 9.17) is 5.73 Å². The lowest BCUT2D eigenvalue weighted by molar-refractivity contribution is 0.836. The summed E-state index contributed by atoms with van der Waals surface area (Å²) in [5, 5.41) is 0. The normalized spacial score (nSPS) is 11.1. The minimum atomic E-state index is 0.334. The highest BCUT2D eigenvalue weighted by Crippen LogP contribution is 2.27. The number of nitrogen functional groups attached to an aromatic ring is 1. The summed E-state index contributed by atoms with van der Waals surface area (Å²) < 4.78 is 1.08. The Kier molecular flexibility index (Phi) is 3.90. The van der Waals surface area contributed by atoms with E-state index >= 15 is 0 Å². The summed E-state index contributed by atoms with van der Waals surface area (Å²) in [4.78, 5) is 9.04. The maximum absolute atomic E-state index is 6.07. The lowest BCUT2D eigenvalue weighted by Crippen LogP contribution is -2.06. The average Bonchev–Trinajstić information content (AvgIpc) is 2.31. The van der Waals surface area contributed by atoms with Gasteiger partial charge in [-0.25, -0.2) is 9.97 Å². The van der Waals surface area contributed by atoms with Crippen molar-refractivity contribution in [2.75, 3.05) is 5.73 Å². The van der Waals surface area contributed by atoms with Gasteiger partial charge in [-0.15, -0.1) is 0 Å². The van der Waals surface area contributed by atoms with Crippen LogP contribution in [-0.2, 0) is 0 Å². The average molecular weight is 320 g/mol. The fourth-order valence-electron chi connectivity index (χ4n) is 2.23. The molecule has 0 spiro atoms. The number of benzene rings is 1. The van der Waals surface area contributed by atoms with Gasteiger partial charge in [0.25, 0.3) is 0 Å². The van der Waals surface area contributed by atoms with Crippen molar-refractivity contribution >= 4 is 21.7 Å². The second-order valence-electron chi connectivity index (χ2n) is 5.05.